The van der Waals surface area contributed by atoms with Gasteiger partial charge in [-0.05, 0) is 48.8 Å². The van der Waals surface area contributed by atoms with Gasteiger partial charge in [0.25, 0.3) is 5.91 Å². The zero-order chi connectivity index (χ0) is 49.5. The van der Waals surface area contributed by atoms with Gasteiger partial charge < -0.3 is 53.0 Å². The number of aliphatic carboxylic acids is 3. The van der Waals surface area contributed by atoms with Gasteiger partial charge in [0.2, 0.25) is 41.2 Å². The minimum Gasteiger partial charge on any atom is -0.481 e. The van der Waals surface area contributed by atoms with Crippen LogP contribution in [0.3, 0.4) is 0 Å². The van der Waals surface area contributed by atoms with Crippen molar-refractivity contribution in [2.75, 3.05) is 0 Å². The molecule has 0 heterocycles. The van der Waals surface area contributed by atoms with E-state index in [1.54, 1.807) is 75.4 Å². The second-order valence-electron chi connectivity index (χ2n) is 16.2. The topological polar surface area (TPSA) is 347 Å². The van der Waals surface area contributed by atoms with Crippen molar-refractivity contribution in [2.24, 2.45) is 11.7 Å². The lowest BCUT2D eigenvalue weighted by molar-refractivity contribution is -0.142. The van der Waals surface area contributed by atoms with Crippen LogP contribution in [-0.2, 0) is 65.6 Å². The Kier molecular flexibility index (Phi) is 23.2. The lowest BCUT2D eigenvalue weighted by Crippen LogP contribution is -2.60. The van der Waals surface area contributed by atoms with E-state index in [1.165, 1.54) is 0 Å². The summed E-state index contributed by atoms with van der Waals surface area (Å²) in [7, 11) is 0. The molecule has 21 heteroatoms. The van der Waals surface area contributed by atoms with Crippen molar-refractivity contribution in [1.82, 2.24) is 31.9 Å². The normalized spacial score (nSPS) is 13.6. The van der Waals surface area contributed by atoms with Crippen LogP contribution in [0.2, 0.25) is 0 Å². The molecule has 0 fully saturated rings. The molecule has 1 unspecified atom stereocenters. The highest BCUT2D eigenvalue weighted by atomic mass is 16.4. The maximum Gasteiger partial charge on any atom is 0.305 e. The summed E-state index contributed by atoms with van der Waals surface area (Å²) in [6, 6.07) is 6.34. The number of carboxylic acids is 3. The number of benzene rings is 2. The number of carbonyl (C=O) groups excluding carboxylic acids is 8. The Labute approximate surface area is 381 Å². The Bertz CT molecular complexity index is 2060. The molecule has 0 aliphatic carbocycles. The monoisotopic (exact) mass is 923 g/mol. The molecule has 0 saturated carbocycles. The molecular weight excluding hydrogens is 863 g/mol. The Morgan fingerprint density at radius 1 is 0.545 bits per heavy atom. The van der Waals surface area contributed by atoms with E-state index in [0.717, 1.165) is 0 Å². The molecule has 0 aliphatic heterocycles. The number of ketones is 1. The molecule has 0 spiro atoms. The Hall–Kier alpha value is -7.19. The van der Waals surface area contributed by atoms with Crippen molar-refractivity contribution in [3.8, 4) is 0 Å². The minimum atomic E-state index is -1.82. The third kappa shape index (κ3) is 20.1. The van der Waals surface area contributed by atoms with Crippen molar-refractivity contribution < 1.29 is 68.1 Å². The minimum absolute atomic E-state index is 0.0730. The molecule has 11 N–H and O–H groups in total. The fraction of sp³-hybridized carbons (Fsp3) is 0.489. The third-order valence-electron chi connectivity index (χ3n) is 10.2. The quantitative estimate of drug-likeness (QED) is 0.0468. The smallest absolute Gasteiger partial charge is 0.305 e. The van der Waals surface area contributed by atoms with Crippen molar-refractivity contribution in [3.05, 3.63) is 71.3 Å². The van der Waals surface area contributed by atoms with Crippen molar-refractivity contribution >= 4 is 65.0 Å². The maximum absolute atomic E-state index is 14.5. The van der Waals surface area contributed by atoms with E-state index in [9.17, 15) is 63.0 Å². The number of nitrogens with one attached hydrogen (secondary N) is 6. The van der Waals surface area contributed by atoms with Crippen LogP contribution in [0.4, 0.5) is 0 Å². The SMILES string of the molecule is CCCCC(NC(=O)[C@H](CC(C)C)NC(=O)[C@H](Cc1ccccc1)NC(=O)[C@H](Cc1ccccc1C)NC(=O)[C@H](CCC(=O)O)NC(=O)[C@H](CC(=O)O)NC(=O)CCC(=O)O)C(=O)C(N)=O. The lowest BCUT2D eigenvalue weighted by atomic mass is 9.98. The summed E-state index contributed by atoms with van der Waals surface area (Å²) in [4.78, 5) is 141. The first-order chi connectivity index (χ1) is 31.1. The van der Waals surface area contributed by atoms with Gasteiger partial charge in [-0.2, -0.15) is 0 Å². The second kappa shape index (κ2) is 27.9. The Morgan fingerprint density at radius 3 is 1.59 bits per heavy atom. The number of aryl methyl sites for hydroxylation is 1. The molecule has 0 aromatic heterocycles. The van der Waals surface area contributed by atoms with Gasteiger partial charge in [-0.3, -0.25) is 52.7 Å². The lowest BCUT2D eigenvalue weighted by Gasteiger charge is -2.28. The van der Waals surface area contributed by atoms with E-state index >= 15 is 0 Å². The molecule has 21 nitrogen and oxygen atoms in total. The van der Waals surface area contributed by atoms with Gasteiger partial charge >= 0.3 is 17.9 Å². The second-order valence-corrected chi connectivity index (χ2v) is 16.2. The van der Waals surface area contributed by atoms with Gasteiger partial charge in [0.1, 0.15) is 30.2 Å². The molecule has 0 aliphatic rings. The molecular formula is C45H61N7O14. The van der Waals surface area contributed by atoms with Crippen molar-refractivity contribution in [2.45, 2.75) is 135 Å². The summed E-state index contributed by atoms with van der Waals surface area (Å²) in [6.07, 6.45) is -2.52. The fourth-order valence-corrected chi connectivity index (χ4v) is 6.65. The number of unbranched alkanes of at least 4 members (excludes halogenated alkanes) is 1. The predicted molar refractivity (Wildman–Crippen MR) is 236 cm³/mol. The van der Waals surface area contributed by atoms with E-state index in [1.807, 2.05) is 6.92 Å². The van der Waals surface area contributed by atoms with E-state index < -0.39 is 133 Å². The van der Waals surface area contributed by atoms with Gasteiger partial charge in [0.05, 0.1) is 18.9 Å². The number of carboxylic acid groups (broad SMARTS) is 3. The van der Waals surface area contributed by atoms with Crippen LogP contribution in [-0.4, -0.2) is 117 Å². The standard InChI is InChI=1S/C45H61N7O14/c1-5-6-16-29(39(60)40(46)61)48-42(63)31(21-25(2)3)50-43(64)32(22-27-13-8-7-9-14-27)51-44(65)33(23-28-15-11-10-12-26(28)4)52-41(62)30(17-19-36(54)55)49-45(66)34(24-38(58)59)47-35(53)18-20-37(56)57/h7-15,25,29-34H,5-6,16-24H2,1-4H3,(H2,46,61)(H,47,53)(H,48,63)(H,49,66)(H,50,64)(H,51,65)(H,52,62)(H,54,55)(H,56,57)(H,58,59)/t29?,30-,31-,32-,33-,34-/m0/s1. The summed E-state index contributed by atoms with van der Waals surface area (Å²) in [5, 5.41) is 42.6. The number of rotatable bonds is 30. The van der Waals surface area contributed by atoms with Crippen LogP contribution in [0.25, 0.3) is 0 Å². The molecule has 0 radical (unpaired) electrons. The van der Waals surface area contributed by atoms with Crippen LogP contribution >= 0.6 is 0 Å². The largest absolute Gasteiger partial charge is 0.481 e. The summed E-state index contributed by atoms with van der Waals surface area (Å²) >= 11 is 0. The summed E-state index contributed by atoms with van der Waals surface area (Å²) in [6.45, 7) is 7.16. The predicted octanol–water partition coefficient (Wildman–Crippen LogP) is 0.184. The Balaban J connectivity index is 2.56. The first-order valence-electron chi connectivity index (χ1n) is 21.5. The highest BCUT2D eigenvalue weighted by Crippen LogP contribution is 2.14. The van der Waals surface area contributed by atoms with Crippen LogP contribution in [0.1, 0.15) is 95.2 Å². The number of Topliss-reactive ketones (excluding diaryl/α,β-unsaturated/α-hetero) is 1. The number of hydrogen-bond acceptors (Lipinski definition) is 11. The van der Waals surface area contributed by atoms with Gasteiger partial charge in [0.15, 0.2) is 0 Å². The van der Waals surface area contributed by atoms with Crippen molar-refractivity contribution in [1.29, 1.82) is 0 Å². The molecule has 360 valence electrons. The highest BCUT2D eigenvalue weighted by molar-refractivity contribution is 6.37. The highest BCUT2D eigenvalue weighted by Gasteiger charge is 2.35. The van der Waals surface area contributed by atoms with Crippen LogP contribution in [0, 0.1) is 12.8 Å². The molecule has 0 bridgehead atoms. The summed E-state index contributed by atoms with van der Waals surface area (Å²) in [5.41, 5.74) is 7.09. The fourth-order valence-electron chi connectivity index (χ4n) is 6.65. The van der Waals surface area contributed by atoms with Crippen LogP contribution in [0.5, 0.6) is 0 Å². The molecule has 2 rings (SSSR count). The molecule has 0 saturated heterocycles. The third-order valence-corrected chi connectivity index (χ3v) is 10.2. The maximum atomic E-state index is 14.5. The first-order valence-corrected chi connectivity index (χ1v) is 21.5. The molecule has 2 aromatic carbocycles. The average Bonchev–Trinajstić information content (AvgIpc) is 3.24. The number of amides is 7. The molecule has 7 amide bonds. The zero-order valence-corrected chi connectivity index (χ0v) is 37.4. The molecule has 6 atom stereocenters. The molecule has 66 heavy (non-hydrogen) atoms. The number of hydrogen-bond donors (Lipinski definition) is 10. The summed E-state index contributed by atoms with van der Waals surface area (Å²) in [5.74, 6) is -12.5. The van der Waals surface area contributed by atoms with Gasteiger partial charge in [-0.15, -0.1) is 0 Å². The van der Waals surface area contributed by atoms with Crippen LogP contribution < -0.4 is 37.6 Å². The van der Waals surface area contributed by atoms with Gasteiger partial charge in [-0.25, -0.2) is 0 Å². The van der Waals surface area contributed by atoms with E-state index in [4.69, 9.17) is 10.8 Å². The molecule has 2 aromatic rings. The average molecular weight is 924 g/mol. The van der Waals surface area contributed by atoms with Gasteiger partial charge in [0, 0.05) is 25.7 Å². The van der Waals surface area contributed by atoms with Crippen LogP contribution in [0.15, 0.2) is 54.6 Å². The Morgan fingerprint density at radius 2 is 1.05 bits per heavy atom. The van der Waals surface area contributed by atoms with E-state index in [2.05, 4.69) is 31.9 Å². The van der Waals surface area contributed by atoms with Crippen molar-refractivity contribution in [3.63, 3.8) is 0 Å². The zero-order valence-electron chi connectivity index (χ0n) is 37.4. The van der Waals surface area contributed by atoms with E-state index in [-0.39, 0.29) is 31.6 Å². The number of primary amides is 1. The summed E-state index contributed by atoms with van der Waals surface area (Å²) < 4.78 is 0. The van der Waals surface area contributed by atoms with E-state index in [0.29, 0.717) is 29.5 Å². The number of nitrogens with two attached hydrogens (primary N) is 1. The first kappa shape index (κ1) is 54.9. The van der Waals surface area contributed by atoms with Gasteiger partial charge in [-0.1, -0.05) is 88.2 Å². The number of carbonyl (C=O) groups is 11.